The summed E-state index contributed by atoms with van der Waals surface area (Å²) in [5.41, 5.74) is 5.24. The molecule has 3 aromatic rings. The van der Waals surface area contributed by atoms with Crippen molar-refractivity contribution >= 4 is 11.6 Å². The number of piperidine rings is 1. The van der Waals surface area contributed by atoms with Crippen LogP contribution in [0.1, 0.15) is 24.1 Å². The van der Waals surface area contributed by atoms with Gasteiger partial charge in [-0.05, 0) is 68.2 Å². The number of nitrogens with zero attached hydrogens (tertiary/aromatic N) is 3. The molecule has 0 atom stereocenters. The topological polar surface area (TPSA) is 59.4 Å². The molecule has 1 aliphatic rings. The van der Waals surface area contributed by atoms with Gasteiger partial charge in [-0.15, -0.1) is 6.58 Å². The van der Waals surface area contributed by atoms with Crippen molar-refractivity contribution in [3.05, 3.63) is 78.6 Å². The Bertz CT molecular complexity index is 1110. The van der Waals surface area contributed by atoms with Crippen LogP contribution in [0.5, 0.6) is 5.75 Å². The van der Waals surface area contributed by atoms with E-state index in [0.29, 0.717) is 0 Å². The summed E-state index contributed by atoms with van der Waals surface area (Å²) < 4.78 is 7.26. The Morgan fingerprint density at radius 3 is 2.64 bits per heavy atom. The lowest BCUT2D eigenvalue weighted by Gasteiger charge is -2.31. The van der Waals surface area contributed by atoms with Gasteiger partial charge < -0.3 is 10.1 Å². The first kappa shape index (κ1) is 22.8. The van der Waals surface area contributed by atoms with Crippen molar-refractivity contribution in [1.82, 2.24) is 14.7 Å². The first-order chi connectivity index (χ1) is 16.1. The Kier molecular flexibility index (Phi) is 7.25. The van der Waals surface area contributed by atoms with Crippen molar-refractivity contribution < 1.29 is 9.53 Å². The number of carbonyl (C=O) groups is 1. The van der Waals surface area contributed by atoms with Gasteiger partial charge in [-0.1, -0.05) is 30.3 Å². The highest BCUT2D eigenvalue weighted by atomic mass is 16.5. The van der Waals surface area contributed by atoms with Crippen LogP contribution in [0.25, 0.3) is 11.1 Å². The quantitative estimate of drug-likeness (QED) is 0.502. The van der Waals surface area contributed by atoms with Crippen LogP contribution in [0.4, 0.5) is 5.69 Å². The number of hydrogen-bond donors (Lipinski definition) is 1. The van der Waals surface area contributed by atoms with E-state index in [9.17, 15) is 4.79 Å². The van der Waals surface area contributed by atoms with E-state index in [-0.39, 0.29) is 11.8 Å². The first-order valence-corrected chi connectivity index (χ1v) is 11.5. The predicted molar refractivity (Wildman–Crippen MR) is 132 cm³/mol. The van der Waals surface area contributed by atoms with E-state index < -0.39 is 0 Å². The number of allylic oxidation sites excluding steroid dienone is 1. The smallest absolute Gasteiger partial charge is 0.227 e. The van der Waals surface area contributed by atoms with Crippen LogP contribution in [-0.4, -0.2) is 40.8 Å². The average Bonchev–Trinajstić information content (AvgIpc) is 3.18. The van der Waals surface area contributed by atoms with Crippen molar-refractivity contribution in [1.29, 1.82) is 0 Å². The molecule has 1 saturated heterocycles. The second-order valence-corrected chi connectivity index (χ2v) is 8.60. The molecule has 1 fully saturated rings. The van der Waals surface area contributed by atoms with Gasteiger partial charge in [0.15, 0.2) is 0 Å². The SMILES string of the molecule is C=CCn1cc(CN2CCC(C(=O)Nc3cccc(-c4cccc(OC)c4)c3)CC2)c(C)n1. The standard InChI is InChI=1S/C27H32N4O2/c1-4-13-31-19-24(20(2)29-31)18-30-14-11-21(12-15-30)27(32)28-25-9-5-7-22(16-25)23-8-6-10-26(17-23)33-3/h4-10,16-17,19,21H,1,11-15,18H2,2-3H3,(H,28,32). The Hall–Kier alpha value is -3.38. The second-order valence-electron chi connectivity index (χ2n) is 8.60. The predicted octanol–water partition coefficient (Wildman–Crippen LogP) is 4.90. The van der Waals surface area contributed by atoms with Crippen molar-refractivity contribution in [3.8, 4) is 16.9 Å². The highest BCUT2D eigenvalue weighted by molar-refractivity contribution is 5.93. The van der Waals surface area contributed by atoms with E-state index in [1.54, 1.807) is 7.11 Å². The molecule has 6 nitrogen and oxygen atoms in total. The lowest BCUT2D eigenvalue weighted by atomic mass is 9.95. The molecular weight excluding hydrogens is 412 g/mol. The highest BCUT2D eigenvalue weighted by Gasteiger charge is 2.25. The summed E-state index contributed by atoms with van der Waals surface area (Å²) in [5, 5.41) is 7.67. The normalized spacial score (nSPS) is 14.7. The molecule has 1 aromatic heterocycles. The van der Waals surface area contributed by atoms with Crippen LogP contribution in [0.3, 0.4) is 0 Å². The van der Waals surface area contributed by atoms with Gasteiger partial charge in [-0.2, -0.15) is 5.10 Å². The van der Waals surface area contributed by atoms with Gasteiger partial charge in [0.1, 0.15) is 5.75 Å². The van der Waals surface area contributed by atoms with Crippen molar-refractivity contribution in [3.63, 3.8) is 0 Å². The number of hydrogen-bond acceptors (Lipinski definition) is 4. The second kappa shape index (κ2) is 10.5. The van der Waals surface area contributed by atoms with Gasteiger partial charge >= 0.3 is 0 Å². The molecule has 33 heavy (non-hydrogen) atoms. The zero-order valence-electron chi connectivity index (χ0n) is 19.5. The van der Waals surface area contributed by atoms with Crippen LogP contribution in [-0.2, 0) is 17.9 Å². The summed E-state index contributed by atoms with van der Waals surface area (Å²) in [4.78, 5) is 15.3. The molecule has 2 aromatic carbocycles. The fraction of sp³-hybridized carbons (Fsp3) is 0.333. The molecule has 4 rings (SSSR count). The molecule has 1 N–H and O–H groups in total. The molecule has 6 heteroatoms. The summed E-state index contributed by atoms with van der Waals surface area (Å²) >= 11 is 0. The molecule has 0 saturated carbocycles. The first-order valence-electron chi connectivity index (χ1n) is 11.5. The zero-order valence-corrected chi connectivity index (χ0v) is 19.5. The van der Waals surface area contributed by atoms with Gasteiger partial charge in [-0.25, -0.2) is 0 Å². The number of benzene rings is 2. The third-order valence-corrected chi connectivity index (χ3v) is 6.25. The van der Waals surface area contributed by atoms with Crippen molar-refractivity contribution in [2.45, 2.75) is 32.9 Å². The number of aryl methyl sites for hydroxylation is 1. The van der Waals surface area contributed by atoms with E-state index in [1.807, 2.05) is 59.3 Å². The number of nitrogens with one attached hydrogen (secondary N) is 1. The van der Waals surface area contributed by atoms with Gasteiger partial charge in [-0.3, -0.25) is 14.4 Å². The number of amides is 1. The largest absolute Gasteiger partial charge is 0.497 e. The molecular formula is C27H32N4O2. The maximum atomic E-state index is 12.9. The van der Waals surface area contributed by atoms with E-state index >= 15 is 0 Å². The molecule has 1 amide bonds. The van der Waals surface area contributed by atoms with Crippen molar-refractivity contribution in [2.75, 3.05) is 25.5 Å². The minimum Gasteiger partial charge on any atom is -0.497 e. The molecule has 0 bridgehead atoms. The molecule has 0 aliphatic carbocycles. The Labute approximate surface area is 195 Å². The number of methoxy groups -OCH3 is 1. The molecule has 0 spiro atoms. The number of aromatic nitrogens is 2. The average molecular weight is 445 g/mol. The van der Waals surface area contributed by atoms with Gasteiger partial charge in [0.25, 0.3) is 0 Å². The maximum absolute atomic E-state index is 12.9. The molecule has 0 unspecified atom stereocenters. The summed E-state index contributed by atoms with van der Waals surface area (Å²) in [6.07, 6.45) is 5.68. The molecule has 172 valence electrons. The van der Waals surface area contributed by atoms with Crippen LogP contribution in [0.2, 0.25) is 0 Å². The van der Waals surface area contributed by atoms with E-state index in [2.05, 4.69) is 35.0 Å². The lowest BCUT2D eigenvalue weighted by Crippen LogP contribution is -2.37. The molecule has 0 radical (unpaired) electrons. The minimum atomic E-state index is 0.0336. The number of ether oxygens (including phenoxy) is 1. The zero-order chi connectivity index (χ0) is 23.2. The van der Waals surface area contributed by atoms with Crippen LogP contribution >= 0.6 is 0 Å². The number of anilines is 1. The third-order valence-electron chi connectivity index (χ3n) is 6.25. The maximum Gasteiger partial charge on any atom is 0.227 e. The monoisotopic (exact) mass is 444 g/mol. The summed E-state index contributed by atoms with van der Waals surface area (Å²) in [5.74, 6) is 0.954. The highest BCUT2D eigenvalue weighted by Crippen LogP contribution is 2.27. The minimum absolute atomic E-state index is 0.0336. The Morgan fingerprint density at radius 2 is 1.91 bits per heavy atom. The number of carbonyl (C=O) groups excluding carboxylic acids is 1. The van der Waals surface area contributed by atoms with Crippen molar-refractivity contribution in [2.24, 2.45) is 5.92 Å². The van der Waals surface area contributed by atoms with Crippen LogP contribution in [0.15, 0.2) is 67.4 Å². The fourth-order valence-corrected chi connectivity index (χ4v) is 4.36. The van der Waals surface area contributed by atoms with Crippen LogP contribution in [0, 0.1) is 12.8 Å². The molecule has 2 heterocycles. The van der Waals surface area contributed by atoms with Gasteiger partial charge in [0, 0.05) is 29.9 Å². The third kappa shape index (κ3) is 5.71. The van der Waals surface area contributed by atoms with E-state index in [1.165, 1.54) is 5.56 Å². The summed E-state index contributed by atoms with van der Waals surface area (Å²) in [7, 11) is 1.66. The van der Waals surface area contributed by atoms with E-state index in [0.717, 1.165) is 67.3 Å². The number of likely N-dealkylation sites (tertiary alicyclic amines) is 1. The summed E-state index contributed by atoms with van der Waals surface area (Å²) in [6.45, 7) is 9.25. The summed E-state index contributed by atoms with van der Waals surface area (Å²) in [6, 6.07) is 15.9. The Morgan fingerprint density at radius 1 is 1.18 bits per heavy atom. The van der Waals surface area contributed by atoms with E-state index in [4.69, 9.17) is 4.74 Å². The van der Waals surface area contributed by atoms with Gasteiger partial charge in [0.05, 0.1) is 19.3 Å². The molecule has 1 aliphatic heterocycles. The fourth-order valence-electron chi connectivity index (χ4n) is 4.36. The van der Waals surface area contributed by atoms with Crippen LogP contribution < -0.4 is 10.1 Å². The Balaban J connectivity index is 1.32. The van der Waals surface area contributed by atoms with Gasteiger partial charge in [0.2, 0.25) is 5.91 Å². The number of rotatable bonds is 8. The lowest BCUT2D eigenvalue weighted by molar-refractivity contribution is -0.121.